The molecule has 0 radical (unpaired) electrons. The van der Waals surface area contributed by atoms with Crippen LogP contribution in [-0.2, 0) is 9.84 Å². The lowest BCUT2D eigenvalue weighted by atomic mass is 10.0. The van der Waals surface area contributed by atoms with Crippen LogP contribution in [0.3, 0.4) is 0 Å². The lowest BCUT2D eigenvalue weighted by molar-refractivity contribution is 0.191. The number of nitrogens with two attached hydrogens (primary N) is 1. The molecule has 1 aromatic rings. The fourth-order valence-corrected chi connectivity index (χ4v) is 4.21. The monoisotopic (exact) mass is 274 g/mol. The first kappa shape index (κ1) is 13.0. The van der Waals surface area contributed by atoms with Gasteiger partial charge >= 0.3 is 0 Å². The summed E-state index contributed by atoms with van der Waals surface area (Å²) in [4.78, 5) is 2.19. The van der Waals surface area contributed by atoms with Crippen LogP contribution in [0.1, 0.15) is 18.5 Å². The van der Waals surface area contributed by atoms with Gasteiger partial charge in [0.2, 0.25) is 0 Å². The van der Waals surface area contributed by atoms with Crippen LogP contribution in [0.4, 0.5) is 0 Å². The topological polar surface area (TPSA) is 63.4 Å². The van der Waals surface area contributed by atoms with Gasteiger partial charge in [-0.25, -0.2) is 8.42 Å². The van der Waals surface area contributed by atoms with E-state index in [-0.39, 0.29) is 23.6 Å². The first-order valence-electron chi connectivity index (χ1n) is 5.72. The van der Waals surface area contributed by atoms with Crippen LogP contribution in [-0.4, -0.2) is 44.0 Å². The summed E-state index contributed by atoms with van der Waals surface area (Å²) in [5.41, 5.74) is 7.24. The van der Waals surface area contributed by atoms with Gasteiger partial charge in [-0.1, -0.05) is 0 Å². The van der Waals surface area contributed by atoms with Crippen molar-refractivity contribution in [2.45, 2.75) is 19.0 Å². The van der Waals surface area contributed by atoms with Gasteiger partial charge in [0.15, 0.2) is 9.84 Å². The van der Waals surface area contributed by atoms with Crippen molar-refractivity contribution in [1.29, 1.82) is 0 Å². The second-order valence-electron chi connectivity index (χ2n) is 4.55. The Bertz CT molecular complexity index is 440. The fourth-order valence-electron chi connectivity index (χ4n) is 2.29. The molecule has 1 fully saturated rings. The van der Waals surface area contributed by atoms with Crippen molar-refractivity contribution in [3.63, 3.8) is 0 Å². The van der Waals surface area contributed by atoms with Gasteiger partial charge in [-0.2, -0.15) is 11.3 Å². The Morgan fingerprint density at radius 2 is 2.06 bits per heavy atom. The number of rotatable bonds is 3. The Labute approximate surface area is 106 Å². The highest BCUT2D eigenvalue weighted by Gasteiger charge is 2.30. The Balaban J connectivity index is 2.14. The van der Waals surface area contributed by atoms with Gasteiger partial charge in [0.1, 0.15) is 0 Å². The van der Waals surface area contributed by atoms with E-state index in [4.69, 9.17) is 5.73 Å². The summed E-state index contributed by atoms with van der Waals surface area (Å²) < 4.78 is 22.8. The van der Waals surface area contributed by atoms with E-state index in [9.17, 15) is 8.42 Å². The van der Waals surface area contributed by atoms with Crippen LogP contribution in [0.15, 0.2) is 16.8 Å². The maximum Gasteiger partial charge on any atom is 0.152 e. The maximum absolute atomic E-state index is 11.4. The zero-order valence-corrected chi connectivity index (χ0v) is 11.5. The molecule has 2 atom stereocenters. The van der Waals surface area contributed by atoms with Gasteiger partial charge in [-0.05, 0) is 29.3 Å². The number of hydrogen-bond acceptors (Lipinski definition) is 5. The smallest absolute Gasteiger partial charge is 0.152 e. The highest BCUT2D eigenvalue weighted by atomic mass is 32.2. The van der Waals surface area contributed by atoms with Crippen molar-refractivity contribution in [3.8, 4) is 0 Å². The van der Waals surface area contributed by atoms with Gasteiger partial charge < -0.3 is 5.73 Å². The zero-order valence-electron chi connectivity index (χ0n) is 9.87. The average Bonchev–Trinajstić information content (AvgIpc) is 2.74. The summed E-state index contributed by atoms with van der Waals surface area (Å²) in [7, 11) is -2.82. The quantitative estimate of drug-likeness (QED) is 0.888. The van der Waals surface area contributed by atoms with E-state index in [1.165, 1.54) is 5.56 Å². The van der Waals surface area contributed by atoms with Crippen LogP contribution in [0.2, 0.25) is 0 Å². The van der Waals surface area contributed by atoms with Crippen molar-refractivity contribution < 1.29 is 8.42 Å². The summed E-state index contributed by atoms with van der Waals surface area (Å²) in [5, 5.41) is 4.13. The highest BCUT2D eigenvalue weighted by molar-refractivity contribution is 7.91. The van der Waals surface area contributed by atoms with Crippen LogP contribution in [0, 0.1) is 0 Å². The summed E-state index contributed by atoms with van der Waals surface area (Å²) >= 11 is 1.65. The number of thiophene rings is 1. The third-order valence-corrected chi connectivity index (χ3v) is 5.47. The van der Waals surface area contributed by atoms with E-state index in [1.54, 1.807) is 11.3 Å². The fraction of sp³-hybridized carbons (Fsp3) is 0.636. The standard InChI is InChI=1S/C11H18N2O2S2/c1-9(12)11(10-2-5-16-8-10)13-3-6-17(14,15)7-4-13/h2,5,8-9,11H,3-4,6-7,12H2,1H3. The predicted molar refractivity (Wildman–Crippen MR) is 70.9 cm³/mol. The molecular formula is C11H18N2O2S2. The van der Waals surface area contributed by atoms with Crippen molar-refractivity contribution in [3.05, 3.63) is 22.4 Å². The van der Waals surface area contributed by atoms with Crippen molar-refractivity contribution in [2.24, 2.45) is 5.73 Å². The summed E-state index contributed by atoms with van der Waals surface area (Å²) in [6, 6.07) is 2.21. The third-order valence-electron chi connectivity index (χ3n) is 3.16. The van der Waals surface area contributed by atoms with E-state index in [1.807, 2.05) is 12.3 Å². The average molecular weight is 274 g/mol. The molecule has 17 heavy (non-hydrogen) atoms. The first-order valence-corrected chi connectivity index (χ1v) is 8.48. The molecule has 0 aromatic carbocycles. The van der Waals surface area contributed by atoms with Crippen LogP contribution in [0.25, 0.3) is 0 Å². The second kappa shape index (κ2) is 5.06. The minimum Gasteiger partial charge on any atom is -0.326 e. The second-order valence-corrected chi connectivity index (χ2v) is 7.63. The molecule has 1 saturated heterocycles. The molecule has 4 nitrogen and oxygen atoms in total. The molecule has 0 saturated carbocycles. The van der Waals surface area contributed by atoms with Gasteiger partial charge in [-0.15, -0.1) is 0 Å². The zero-order chi connectivity index (χ0) is 12.5. The van der Waals surface area contributed by atoms with Crippen LogP contribution in [0.5, 0.6) is 0 Å². The lowest BCUT2D eigenvalue weighted by Crippen LogP contribution is -2.47. The first-order chi connectivity index (χ1) is 7.99. The van der Waals surface area contributed by atoms with Crippen molar-refractivity contribution in [1.82, 2.24) is 4.90 Å². The Hall–Kier alpha value is -0.430. The molecule has 1 aliphatic rings. The summed E-state index contributed by atoms with van der Waals surface area (Å²) in [6.07, 6.45) is 0. The van der Waals surface area contributed by atoms with Crippen LogP contribution < -0.4 is 5.73 Å². The minimum atomic E-state index is -2.82. The molecule has 0 spiro atoms. The van der Waals surface area contributed by atoms with Gasteiger partial charge in [0.25, 0.3) is 0 Å². The molecular weight excluding hydrogens is 256 g/mol. The molecule has 0 aliphatic carbocycles. The van der Waals surface area contributed by atoms with Crippen molar-refractivity contribution in [2.75, 3.05) is 24.6 Å². The molecule has 2 N–H and O–H groups in total. The molecule has 2 rings (SSSR count). The van der Waals surface area contributed by atoms with Crippen LogP contribution >= 0.6 is 11.3 Å². The predicted octanol–water partition coefficient (Wildman–Crippen LogP) is 0.867. The molecule has 1 aliphatic heterocycles. The number of sulfone groups is 1. The number of nitrogens with zero attached hydrogens (tertiary/aromatic N) is 1. The molecule has 1 aromatic heterocycles. The Kier molecular flexibility index (Phi) is 3.87. The Morgan fingerprint density at radius 1 is 1.41 bits per heavy atom. The van der Waals surface area contributed by atoms with Gasteiger partial charge in [0, 0.05) is 19.1 Å². The maximum atomic E-state index is 11.4. The van der Waals surface area contributed by atoms with E-state index in [2.05, 4.69) is 16.3 Å². The van der Waals surface area contributed by atoms with E-state index in [0.717, 1.165) is 0 Å². The Morgan fingerprint density at radius 3 is 2.53 bits per heavy atom. The molecule has 0 bridgehead atoms. The van der Waals surface area contributed by atoms with E-state index < -0.39 is 9.84 Å². The molecule has 0 amide bonds. The van der Waals surface area contributed by atoms with Gasteiger partial charge in [0.05, 0.1) is 17.5 Å². The van der Waals surface area contributed by atoms with E-state index >= 15 is 0 Å². The lowest BCUT2D eigenvalue weighted by Gasteiger charge is -2.36. The molecule has 2 heterocycles. The SMILES string of the molecule is CC(N)C(c1ccsc1)N1CCS(=O)(=O)CC1. The molecule has 2 unspecified atom stereocenters. The van der Waals surface area contributed by atoms with E-state index in [0.29, 0.717) is 13.1 Å². The van der Waals surface area contributed by atoms with Crippen molar-refractivity contribution >= 4 is 21.2 Å². The minimum absolute atomic E-state index is 0.00500. The third kappa shape index (κ3) is 3.07. The largest absolute Gasteiger partial charge is 0.326 e. The van der Waals surface area contributed by atoms with Gasteiger partial charge in [-0.3, -0.25) is 4.90 Å². The molecule has 6 heteroatoms. The normalized spacial score (nSPS) is 24.4. The number of hydrogen-bond donors (Lipinski definition) is 1. The summed E-state index contributed by atoms with van der Waals surface area (Å²) in [6.45, 7) is 3.15. The highest BCUT2D eigenvalue weighted by Crippen LogP contribution is 2.26. The molecule has 96 valence electrons. The summed E-state index contributed by atoms with van der Waals surface area (Å²) in [5.74, 6) is 0.501.